The number of H-pyrrole nitrogens is 1. The molecule has 0 aliphatic rings. The van der Waals surface area contributed by atoms with Crippen LogP contribution in [0.2, 0.25) is 0 Å². The second kappa shape index (κ2) is 11.6. The number of aryl methyl sites for hydroxylation is 1. The van der Waals surface area contributed by atoms with Crippen LogP contribution < -0.4 is 5.32 Å². The number of carbonyl (C=O) groups excluding carboxylic acids is 1. The summed E-state index contributed by atoms with van der Waals surface area (Å²) in [5.41, 5.74) is 2.17. The molecule has 0 bridgehead atoms. The summed E-state index contributed by atoms with van der Waals surface area (Å²) in [7, 11) is -3.90. The summed E-state index contributed by atoms with van der Waals surface area (Å²) in [5.74, 6) is 4.48. The highest BCUT2D eigenvalue weighted by Gasteiger charge is 2.22. The van der Waals surface area contributed by atoms with Crippen LogP contribution in [0.1, 0.15) is 39.2 Å². The van der Waals surface area contributed by atoms with Gasteiger partial charge in [-0.15, -0.1) is 0 Å². The van der Waals surface area contributed by atoms with Gasteiger partial charge in [-0.2, -0.15) is 10.2 Å². The van der Waals surface area contributed by atoms with E-state index in [-0.39, 0.29) is 34.4 Å². The molecule has 0 saturated carbocycles. The summed E-state index contributed by atoms with van der Waals surface area (Å²) in [6, 6.07) is 11.2. The lowest BCUT2D eigenvalue weighted by Gasteiger charge is -2.09. The first-order chi connectivity index (χ1) is 17.8. The third-order valence-corrected chi connectivity index (χ3v) is 7.13. The Morgan fingerprint density at radius 3 is 2.65 bits per heavy atom. The lowest BCUT2D eigenvalue weighted by Crippen LogP contribution is -2.25. The Kier molecular flexibility index (Phi) is 8.12. The first-order valence-corrected chi connectivity index (χ1v) is 13.0. The number of nitrogens with zero attached hydrogens (tertiary/aromatic N) is 3. The van der Waals surface area contributed by atoms with Gasteiger partial charge in [0, 0.05) is 35.6 Å². The van der Waals surface area contributed by atoms with Crippen molar-refractivity contribution in [3.63, 3.8) is 0 Å². The molecule has 0 aliphatic carbocycles. The summed E-state index contributed by atoms with van der Waals surface area (Å²) in [5, 5.41) is 22.7. The quantitative estimate of drug-likeness (QED) is 0.229. The minimum Gasteiger partial charge on any atom is -0.374 e. The third kappa shape index (κ3) is 6.91. The molecule has 4 rings (SSSR count). The lowest BCUT2D eigenvalue weighted by atomic mass is 10.1. The minimum absolute atomic E-state index is 0.0582. The van der Waals surface area contributed by atoms with E-state index < -0.39 is 21.4 Å². The molecule has 0 saturated heterocycles. The topological polar surface area (TPSA) is 130 Å². The van der Waals surface area contributed by atoms with E-state index in [1.807, 2.05) is 0 Å². The van der Waals surface area contributed by atoms with E-state index in [1.54, 1.807) is 12.4 Å². The van der Waals surface area contributed by atoms with Crippen LogP contribution >= 0.6 is 0 Å². The molecule has 37 heavy (non-hydrogen) atoms. The molecule has 1 amide bonds. The molecule has 9 nitrogen and oxygen atoms in total. The number of aromatic amines is 1. The van der Waals surface area contributed by atoms with E-state index in [1.165, 1.54) is 59.4 Å². The van der Waals surface area contributed by atoms with Gasteiger partial charge in [-0.3, -0.25) is 9.89 Å². The number of benzene rings is 2. The molecular weight excluding hydrogens is 497 g/mol. The summed E-state index contributed by atoms with van der Waals surface area (Å²) in [4.78, 5) is 12.7. The zero-order chi connectivity index (χ0) is 26.3. The number of rotatable bonds is 9. The fourth-order valence-corrected chi connectivity index (χ4v) is 4.97. The first-order valence-electron chi connectivity index (χ1n) is 11.4. The van der Waals surface area contributed by atoms with Crippen LogP contribution in [-0.4, -0.2) is 46.0 Å². The molecule has 0 unspecified atom stereocenters. The predicted octanol–water partition coefficient (Wildman–Crippen LogP) is 2.43. The maximum Gasteiger partial charge on any atom is 0.251 e. The zero-order valence-electron chi connectivity index (χ0n) is 19.7. The van der Waals surface area contributed by atoms with Crippen molar-refractivity contribution in [1.29, 1.82) is 0 Å². The van der Waals surface area contributed by atoms with Crippen LogP contribution in [0.3, 0.4) is 0 Å². The maximum atomic E-state index is 13.3. The van der Waals surface area contributed by atoms with E-state index in [9.17, 15) is 22.7 Å². The number of hydrogen-bond donors (Lipinski definition) is 3. The van der Waals surface area contributed by atoms with E-state index in [2.05, 4.69) is 32.5 Å². The Morgan fingerprint density at radius 1 is 1.14 bits per heavy atom. The van der Waals surface area contributed by atoms with Gasteiger partial charge in [-0.05, 0) is 66.9 Å². The van der Waals surface area contributed by atoms with Gasteiger partial charge < -0.3 is 10.4 Å². The molecule has 0 radical (unpaired) electrons. The number of amides is 1. The fraction of sp³-hybridized carbons (Fsp3) is 0.192. The van der Waals surface area contributed by atoms with Gasteiger partial charge in [-0.25, -0.2) is 17.5 Å². The van der Waals surface area contributed by atoms with Gasteiger partial charge in [-0.1, -0.05) is 11.8 Å². The molecule has 0 spiro atoms. The Bertz CT molecular complexity index is 1540. The molecule has 2 aromatic heterocycles. The Hall–Kier alpha value is -4.27. The molecule has 0 fully saturated rings. The van der Waals surface area contributed by atoms with E-state index in [4.69, 9.17) is 0 Å². The van der Waals surface area contributed by atoms with Crippen LogP contribution in [0.4, 0.5) is 4.39 Å². The first kappa shape index (κ1) is 25.8. The van der Waals surface area contributed by atoms with Gasteiger partial charge in [0.2, 0.25) is 0 Å². The second-order valence-corrected chi connectivity index (χ2v) is 10.1. The number of halogens is 1. The number of nitrogens with one attached hydrogen (secondary N) is 2. The fourth-order valence-electron chi connectivity index (χ4n) is 3.56. The summed E-state index contributed by atoms with van der Waals surface area (Å²) in [6.45, 7) is 0.0501. The summed E-state index contributed by atoms with van der Waals surface area (Å²) < 4.78 is 40.9. The van der Waals surface area contributed by atoms with E-state index in [0.717, 1.165) is 12.0 Å². The lowest BCUT2D eigenvalue weighted by molar-refractivity contribution is 0.0953. The standard InChI is InChI=1S/C26H24FN5O4S/c27-23-8-4-19(5-9-23)3-6-21-14-22(26(34)28-12-1-2-20-15-29-30-16-20)7-10-25(21)37(35,36)17-24-11-13-32(18-33)31-24/h4-5,7-11,13-16,33H,1-2,12,17-18H2,(H,28,34)(H,29,30). The average Bonchev–Trinajstić information content (AvgIpc) is 3.58. The highest BCUT2D eigenvalue weighted by molar-refractivity contribution is 7.90. The highest BCUT2D eigenvalue weighted by atomic mass is 32.2. The molecule has 2 aromatic carbocycles. The third-order valence-electron chi connectivity index (χ3n) is 5.42. The van der Waals surface area contributed by atoms with Crippen molar-refractivity contribution in [3.05, 3.63) is 101 Å². The maximum absolute atomic E-state index is 13.3. The monoisotopic (exact) mass is 521 g/mol. The van der Waals surface area contributed by atoms with Crippen molar-refractivity contribution in [2.24, 2.45) is 0 Å². The number of aliphatic hydroxyl groups excluding tert-OH is 1. The Balaban J connectivity index is 1.58. The van der Waals surface area contributed by atoms with Crippen LogP contribution in [0.15, 0.2) is 72.0 Å². The van der Waals surface area contributed by atoms with Crippen molar-refractivity contribution in [2.75, 3.05) is 6.54 Å². The molecule has 11 heteroatoms. The molecular formula is C26H24FN5O4S. The predicted molar refractivity (Wildman–Crippen MR) is 133 cm³/mol. The Morgan fingerprint density at radius 2 is 1.95 bits per heavy atom. The van der Waals surface area contributed by atoms with Crippen LogP contribution in [0.5, 0.6) is 0 Å². The summed E-state index contributed by atoms with van der Waals surface area (Å²) in [6.07, 6.45) is 6.44. The number of sulfone groups is 1. The van der Waals surface area contributed by atoms with Crippen molar-refractivity contribution in [2.45, 2.75) is 30.2 Å². The van der Waals surface area contributed by atoms with Crippen molar-refractivity contribution >= 4 is 15.7 Å². The zero-order valence-corrected chi connectivity index (χ0v) is 20.5. The van der Waals surface area contributed by atoms with E-state index >= 15 is 0 Å². The van der Waals surface area contributed by atoms with E-state index in [0.29, 0.717) is 18.5 Å². The number of aliphatic hydroxyl groups is 1. The smallest absolute Gasteiger partial charge is 0.251 e. The number of aromatic nitrogens is 4. The van der Waals surface area contributed by atoms with Gasteiger partial charge in [0.1, 0.15) is 12.5 Å². The van der Waals surface area contributed by atoms with Crippen LogP contribution in [-0.2, 0) is 28.7 Å². The molecule has 2 heterocycles. The van der Waals surface area contributed by atoms with Gasteiger partial charge in [0.05, 0.1) is 22.5 Å². The second-order valence-electron chi connectivity index (χ2n) is 8.18. The van der Waals surface area contributed by atoms with Gasteiger partial charge >= 0.3 is 0 Å². The van der Waals surface area contributed by atoms with Crippen LogP contribution in [0, 0.1) is 17.7 Å². The molecule has 0 atom stereocenters. The molecule has 3 N–H and O–H groups in total. The van der Waals surface area contributed by atoms with Gasteiger partial charge in [0.25, 0.3) is 5.91 Å². The van der Waals surface area contributed by atoms with Crippen molar-refractivity contribution in [3.8, 4) is 11.8 Å². The number of carbonyl (C=O) groups is 1. The minimum atomic E-state index is -3.90. The molecule has 4 aromatic rings. The largest absolute Gasteiger partial charge is 0.374 e. The molecule has 0 aliphatic heterocycles. The van der Waals surface area contributed by atoms with Crippen molar-refractivity contribution in [1.82, 2.24) is 25.3 Å². The van der Waals surface area contributed by atoms with Gasteiger partial charge in [0.15, 0.2) is 9.84 Å². The highest BCUT2D eigenvalue weighted by Crippen LogP contribution is 2.22. The molecule has 190 valence electrons. The SMILES string of the molecule is O=C(NCCCc1cn[nH]c1)c1ccc(S(=O)(=O)Cc2ccn(CO)n2)c(C#Cc2ccc(F)cc2)c1. The number of hydrogen-bond acceptors (Lipinski definition) is 6. The Labute approximate surface area is 213 Å². The normalized spacial score (nSPS) is 11.1. The van der Waals surface area contributed by atoms with Crippen LogP contribution in [0.25, 0.3) is 0 Å². The average molecular weight is 522 g/mol. The van der Waals surface area contributed by atoms with Crippen molar-refractivity contribution < 1.29 is 22.7 Å². The summed E-state index contributed by atoms with van der Waals surface area (Å²) >= 11 is 0.